The van der Waals surface area contributed by atoms with Crippen LogP contribution in [-0.4, -0.2) is 38.9 Å². The first-order chi connectivity index (χ1) is 8.50. The van der Waals surface area contributed by atoms with Crippen LogP contribution in [0.3, 0.4) is 0 Å². The SMILES string of the molecule is CCCC(C)COCCCC(C)(NC)C(=O)OC. The van der Waals surface area contributed by atoms with Gasteiger partial charge in [-0.3, -0.25) is 4.79 Å². The first-order valence-corrected chi connectivity index (χ1v) is 6.85. The molecule has 0 aliphatic rings. The molecule has 0 aromatic heterocycles. The van der Waals surface area contributed by atoms with Gasteiger partial charge in [0.25, 0.3) is 0 Å². The van der Waals surface area contributed by atoms with Crippen molar-refractivity contribution >= 4 is 5.97 Å². The molecule has 2 atom stereocenters. The average Bonchev–Trinajstić information content (AvgIpc) is 2.37. The summed E-state index contributed by atoms with van der Waals surface area (Å²) in [4.78, 5) is 11.6. The van der Waals surface area contributed by atoms with Gasteiger partial charge in [-0.1, -0.05) is 20.3 Å². The van der Waals surface area contributed by atoms with Crippen molar-refractivity contribution in [3.63, 3.8) is 0 Å². The summed E-state index contributed by atoms with van der Waals surface area (Å²) in [6, 6.07) is 0. The molecule has 18 heavy (non-hydrogen) atoms. The zero-order valence-electron chi connectivity index (χ0n) is 12.5. The summed E-state index contributed by atoms with van der Waals surface area (Å²) in [7, 11) is 3.20. The van der Waals surface area contributed by atoms with E-state index in [2.05, 4.69) is 19.2 Å². The fourth-order valence-electron chi connectivity index (χ4n) is 1.94. The third kappa shape index (κ3) is 6.36. The number of methoxy groups -OCH3 is 1. The fraction of sp³-hybridized carbons (Fsp3) is 0.929. The summed E-state index contributed by atoms with van der Waals surface area (Å²) in [5.74, 6) is 0.399. The van der Waals surface area contributed by atoms with Crippen molar-refractivity contribution in [1.82, 2.24) is 5.32 Å². The Kier molecular flexibility index (Phi) is 9.02. The minimum atomic E-state index is -0.604. The Bertz CT molecular complexity index is 233. The van der Waals surface area contributed by atoms with Crippen LogP contribution in [-0.2, 0) is 14.3 Å². The summed E-state index contributed by atoms with van der Waals surface area (Å²) in [6.45, 7) is 7.75. The predicted octanol–water partition coefficient (Wildman–Crippen LogP) is 2.37. The van der Waals surface area contributed by atoms with Crippen LogP contribution in [0.25, 0.3) is 0 Å². The van der Waals surface area contributed by atoms with Gasteiger partial charge in [0.15, 0.2) is 0 Å². The van der Waals surface area contributed by atoms with Crippen LogP contribution in [0, 0.1) is 5.92 Å². The summed E-state index contributed by atoms with van der Waals surface area (Å²) in [6.07, 6.45) is 3.98. The second kappa shape index (κ2) is 9.34. The lowest BCUT2D eigenvalue weighted by Crippen LogP contribution is -2.48. The number of nitrogens with one attached hydrogen (secondary N) is 1. The molecular formula is C14H29NO3. The van der Waals surface area contributed by atoms with Crippen LogP contribution in [0.5, 0.6) is 0 Å². The fourth-order valence-corrected chi connectivity index (χ4v) is 1.94. The van der Waals surface area contributed by atoms with E-state index in [1.54, 1.807) is 7.05 Å². The molecule has 0 aromatic carbocycles. The van der Waals surface area contributed by atoms with Gasteiger partial charge in [-0.15, -0.1) is 0 Å². The Labute approximate surface area is 111 Å². The lowest BCUT2D eigenvalue weighted by atomic mass is 9.96. The van der Waals surface area contributed by atoms with Crippen molar-refractivity contribution in [2.75, 3.05) is 27.4 Å². The van der Waals surface area contributed by atoms with Gasteiger partial charge in [0.05, 0.1) is 7.11 Å². The van der Waals surface area contributed by atoms with E-state index in [0.29, 0.717) is 12.5 Å². The molecule has 0 spiro atoms. The molecule has 0 fully saturated rings. The van der Waals surface area contributed by atoms with Gasteiger partial charge in [0.1, 0.15) is 5.54 Å². The van der Waals surface area contributed by atoms with Gasteiger partial charge in [0, 0.05) is 13.2 Å². The minimum absolute atomic E-state index is 0.218. The van der Waals surface area contributed by atoms with Gasteiger partial charge in [-0.05, 0) is 39.2 Å². The number of hydrogen-bond donors (Lipinski definition) is 1. The number of rotatable bonds is 10. The lowest BCUT2D eigenvalue weighted by molar-refractivity contribution is -0.148. The quantitative estimate of drug-likeness (QED) is 0.483. The molecule has 0 bridgehead atoms. The van der Waals surface area contributed by atoms with E-state index in [9.17, 15) is 4.79 Å². The summed E-state index contributed by atoms with van der Waals surface area (Å²) in [5.41, 5.74) is -0.604. The molecule has 0 aliphatic carbocycles. The highest BCUT2D eigenvalue weighted by molar-refractivity contribution is 5.80. The highest BCUT2D eigenvalue weighted by atomic mass is 16.5. The van der Waals surface area contributed by atoms with Crippen LogP contribution < -0.4 is 5.32 Å². The molecule has 0 radical (unpaired) electrons. The van der Waals surface area contributed by atoms with Gasteiger partial charge in [-0.25, -0.2) is 0 Å². The number of carbonyl (C=O) groups is 1. The zero-order valence-corrected chi connectivity index (χ0v) is 12.5. The number of esters is 1. The molecule has 0 saturated carbocycles. The molecule has 0 saturated heterocycles. The Hall–Kier alpha value is -0.610. The van der Waals surface area contributed by atoms with E-state index in [4.69, 9.17) is 9.47 Å². The maximum atomic E-state index is 11.6. The summed E-state index contributed by atoms with van der Waals surface area (Å²) in [5, 5.41) is 3.02. The standard InChI is InChI=1S/C14H29NO3/c1-6-8-12(2)11-18-10-7-9-14(3,15-4)13(16)17-5/h12,15H,6-11H2,1-5H3. The van der Waals surface area contributed by atoms with Crippen LogP contribution in [0.4, 0.5) is 0 Å². The largest absolute Gasteiger partial charge is 0.468 e. The van der Waals surface area contributed by atoms with E-state index in [-0.39, 0.29) is 5.97 Å². The molecule has 0 aliphatic heterocycles. The van der Waals surface area contributed by atoms with Gasteiger partial charge in [0.2, 0.25) is 0 Å². The Morgan fingerprint density at radius 3 is 2.61 bits per heavy atom. The Balaban J connectivity index is 3.78. The third-order valence-corrected chi connectivity index (χ3v) is 3.34. The molecule has 108 valence electrons. The topological polar surface area (TPSA) is 47.6 Å². The zero-order chi connectivity index (χ0) is 14.0. The molecule has 0 heterocycles. The average molecular weight is 259 g/mol. The van der Waals surface area contributed by atoms with Gasteiger partial charge in [-0.2, -0.15) is 0 Å². The van der Waals surface area contributed by atoms with E-state index >= 15 is 0 Å². The maximum Gasteiger partial charge on any atom is 0.325 e. The van der Waals surface area contributed by atoms with Gasteiger partial charge < -0.3 is 14.8 Å². The molecule has 0 amide bonds. The van der Waals surface area contributed by atoms with E-state index in [0.717, 1.165) is 19.4 Å². The highest BCUT2D eigenvalue weighted by Crippen LogP contribution is 2.14. The first kappa shape index (κ1) is 17.4. The number of ether oxygens (including phenoxy) is 2. The highest BCUT2D eigenvalue weighted by Gasteiger charge is 2.31. The van der Waals surface area contributed by atoms with Crippen molar-refractivity contribution in [3.05, 3.63) is 0 Å². The monoisotopic (exact) mass is 259 g/mol. The maximum absolute atomic E-state index is 11.6. The van der Waals surface area contributed by atoms with E-state index in [1.165, 1.54) is 20.0 Å². The molecule has 0 aromatic rings. The van der Waals surface area contributed by atoms with E-state index in [1.807, 2.05) is 6.92 Å². The van der Waals surface area contributed by atoms with Crippen molar-refractivity contribution in [3.8, 4) is 0 Å². The van der Waals surface area contributed by atoms with Crippen molar-refractivity contribution in [2.24, 2.45) is 5.92 Å². The predicted molar refractivity (Wildman–Crippen MR) is 73.6 cm³/mol. The second-order valence-corrected chi connectivity index (χ2v) is 5.15. The van der Waals surface area contributed by atoms with Crippen molar-refractivity contribution in [1.29, 1.82) is 0 Å². The molecule has 4 heteroatoms. The number of carbonyl (C=O) groups excluding carboxylic acids is 1. The van der Waals surface area contributed by atoms with Crippen molar-refractivity contribution in [2.45, 2.75) is 52.0 Å². The Morgan fingerprint density at radius 1 is 1.44 bits per heavy atom. The minimum Gasteiger partial charge on any atom is -0.468 e. The summed E-state index contributed by atoms with van der Waals surface area (Å²) >= 11 is 0. The van der Waals surface area contributed by atoms with Crippen LogP contribution in [0.1, 0.15) is 46.5 Å². The van der Waals surface area contributed by atoms with Crippen LogP contribution in [0.2, 0.25) is 0 Å². The second-order valence-electron chi connectivity index (χ2n) is 5.15. The van der Waals surface area contributed by atoms with Gasteiger partial charge >= 0.3 is 5.97 Å². The first-order valence-electron chi connectivity index (χ1n) is 6.85. The molecule has 0 rings (SSSR count). The third-order valence-electron chi connectivity index (χ3n) is 3.34. The lowest BCUT2D eigenvalue weighted by Gasteiger charge is -2.26. The van der Waals surface area contributed by atoms with Crippen LogP contribution in [0.15, 0.2) is 0 Å². The number of likely N-dealkylation sites (N-methyl/N-ethyl adjacent to an activating group) is 1. The van der Waals surface area contributed by atoms with Crippen molar-refractivity contribution < 1.29 is 14.3 Å². The molecule has 1 N–H and O–H groups in total. The smallest absolute Gasteiger partial charge is 0.325 e. The number of hydrogen-bond acceptors (Lipinski definition) is 4. The summed E-state index contributed by atoms with van der Waals surface area (Å²) < 4.78 is 10.4. The normalized spacial score (nSPS) is 16.1. The Morgan fingerprint density at radius 2 is 2.11 bits per heavy atom. The van der Waals surface area contributed by atoms with Crippen LogP contribution >= 0.6 is 0 Å². The molecular weight excluding hydrogens is 230 g/mol. The molecule has 4 nitrogen and oxygen atoms in total. The van der Waals surface area contributed by atoms with E-state index < -0.39 is 5.54 Å². The molecule has 2 unspecified atom stereocenters.